The summed E-state index contributed by atoms with van der Waals surface area (Å²) >= 11 is 1.69. The monoisotopic (exact) mass is 344 g/mol. The van der Waals surface area contributed by atoms with Crippen molar-refractivity contribution in [2.24, 2.45) is 10.2 Å². The van der Waals surface area contributed by atoms with E-state index in [9.17, 15) is 4.39 Å². The first kappa shape index (κ1) is 16.4. The maximum atomic E-state index is 13.5. The minimum atomic E-state index is -0.277. The minimum absolute atomic E-state index is 0.0700. The Morgan fingerprint density at radius 3 is 3.04 bits per heavy atom. The molecule has 2 N–H and O–H groups in total. The van der Waals surface area contributed by atoms with Gasteiger partial charge in [0.25, 0.3) is 0 Å². The lowest BCUT2D eigenvalue weighted by Gasteiger charge is -2.20. The van der Waals surface area contributed by atoms with Crippen LogP contribution in [0.3, 0.4) is 0 Å². The van der Waals surface area contributed by atoms with Gasteiger partial charge >= 0.3 is 0 Å². The van der Waals surface area contributed by atoms with Crippen LogP contribution in [-0.4, -0.2) is 18.8 Å². The SMILES string of the molecule is COc1cccc(NC(=N)N=NC2CCSc3ccc(F)cc32)c1. The van der Waals surface area contributed by atoms with E-state index < -0.39 is 0 Å². The Balaban J connectivity index is 1.70. The molecule has 0 spiro atoms. The van der Waals surface area contributed by atoms with Crippen LogP contribution in [-0.2, 0) is 0 Å². The Morgan fingerprint density at radius 1 is 1.33 bits per heavy atom. The van der Waals surface area contributed by atoms with E-state index in [0.29, 0.717) is 11.4 Å². The smallest absolute Gasteiger partial charge is 0.239 e. The zero-order valence-corrected chi connectivity index (χ0v) is 13.9. The first-order valence-corrected chi connectivity index (χ1v) is 8.47. The molecule has 5 nitrogen and oxygen atoms in total. The Kier molecular flexibility index (Phi) is 5.10. The summed E-state index contributed by atoms with van der Waals surface area (Å²) in [5.74, 6) is 1.25. The lowest BCUT2D eigenvalue weighted by molar-refractivity contribution is 0.415. The third kappa shape index (κ3) is 3.91. The minimum Gasteiger partial charge on any atom is -0.497 e. The van der Waals surface area contributed by atoms with E-state index in [-0.39, 0.29) is 17.8 Å². The third-order valence-electron chi connectivity index (χ3n) is 3.61. The molecule has 124 valence electrons. The molecule has 1 atom stereocenters. The average Bonchev–Trinajstić information content (AvgIpc) is 2.60. The van der Waals surface area contributed by atoms with Crippen molar-refractivity contribution in [1.82, 2.24) is 0 Å². The van der Waals surface area contributed by atoms with Crippen molar-refractivity contribution in [2.75, 3.05) is 18.2 Å². The van der Waals surface area contributed by atoms with Crippen molar-refractivity contribution in [3.63, 3.8) is 0 Å². The molecule has 1 aliphatic rings. The number of fused-ring (bicyclic) bond motifs is 1. The van der Waals surface area contributed by atoms with Crippen LogP contribution < -0.4 is 10.1 Å². The van der Waals surface area contributed by atoms with E-state index in [1.54, 1.807) is 31.0 Å². The van der Waals surface area contributed by atoms with Gasteiger partial charge in [0.15, 0.2) is 0 Å². The fourth-order valence-electron chi connectivity index (χ4n) is 2.46. The van der Waals surface area contributed by atoms with Crippen LogP contribution in [0, 0.1) is 11.2 Å². The van der Waals surface area contributed by atoms with E-state index >= 15 is 0 Å². The van der Waals surface area contributed by atoms with Gasteiger partial charge in [0.2, 0.25) is 5.96 Å². The molecule has 0 amide bonds. The quantitative estimate of drug-likeness (QED) is 0.474. The topological polar surface area (TPSA) is 69.8 Å². The molecular formula is C17H17FN4OS. The molecule has 24 heavy (non-hydrogen) atoms. The van der Waals surface area contributed by atoms with E-state index in [2.05, 4.69) is 15.5 Å². The standard InChI is InChI=1S/C17H17FN4OS/c1-23-13-4-2-3-12(10-13)20-17(19)22-21-15-7-8-24-16-6-5-11(18)9-14(15)16/h2-6,9-10,15H,7-8H2,1H3,(H2,19,20). The second-order valence-electron chi connectivity index (χ2n) is 5.26. The summed E-state index contributed by atoms with van der Waals surface area (Å²) in [5, 5.41) is 18.9. The number of ether oxygens (including phenoxy) is 1. The summed E-state index contributed by atoms with van der Waals surface area (Å²) < 4.78 is 18.6. The molecule has 2 aromatic carbocycles. The molecule has 0 fully saturated rings. The highest BCUT2D eigenvalue weighted by atomic mass is 32.2. The van der Waals surface area contributed by atoms with Crippen LogP contribution in [0.2, 0.25) is 0 Å². The number of azo groups is 1. The molecule has 3 rings (SSSR count). The molecule has 7 heteroatoms. The zero-order valence-electron chi connectivity index (χ0n) is 13.1. The molecule has 1 unspecified atom stereocenters. The van der Waals surface area contributed by atoms with Gasteiger partial charge in [0.1, 0.15) is 11.6 Å². The number of benzene rings is 2. The van der Waals surface area contributed by atoms with Crippen LogP contribution in [0.5, 0.6) is 5.75 Å². The van der Waals surface area contributed by atoms with Crippen molar-refractivity contribution in [1.29, 1.82) is 5.41 Å². The number of thioether (sulfide) groups is 1. The van der Waals surface area contributed by atoms with Gasteiger partial charge in [0, 0.05) is 22.4 Å². The van der Waals surface area contributed by atoms with Gasteiger partial charge < -0.3 is 10.1 Å². The highest BCUT2D eigenvalue weighted by molar-refractivity contribution is 7.99. The Morgan fingerprint density at radius 2 is 2.21 bits per heavy atom. The number of guanidine groups is 1. The molecule has 0 aromatic heterocycles. The summed E-state index contributed by atoms with van der Waals surface area (Å²) in [5.41, 5.74) is 1.54. The normalized spacial score (nSPS) is 16.7. The predicted octanol–water partition coefficient (Wildman–Crippen LogP) is 4.87. The molecule has 0 radical (unpaired) electrons. The number of nitrogens with one attached hydrogen (secondary N) is 2. The van der Waals surface area contributed by atoms with E-state index in [4.69, 9.17) is 10.1 Å². The van der Waals surface area contributed by atoms with Crippen LogP contribution in [0.4, 0.5) is 10.1 Å². The van der Waals surface area contributed by atoms with Crippen molar-refractivity contribution in [2.45, 2.75) is 17.4 Å². The number of nitrogens with zero attached hydrogens (tertiary/aromatic N) is 2. The van der Waals surface area contributed by atoms with E-state index in [1.165, 1.54) is 12.1 Å². The number of hydrogen-bond acceptors (Lipinski definition) is 4. The molecule has 0 saturated heterocycles. The lowest BCUT2D eigenvalue weighted by atomic mass is 10.0. The largest absolute Gasteiger partial charge is 0.497 e. The Bertz CT molecular complexity index is 781. The molecule has 0 aliphatic carbocycles. The molecular weight excluding hydrogens is 327 g/mol. The summed E-state index contributed by atoms with van der Waals surface area (Å²) in [6, 6.07) is 11.7. The number of halogens is 1. The number of rotatable bonds is 3. The summed E-state index contributed by atoms with van der Waals surface area (Å²) in [6.45, 7) is 0. The zero-order chi connectivity index (χ0) is 16.9. The molecule has 1 heterocycles. The third-order valence-corrected chi connectivity index (χ3v) is 4.73. The lowest BCUT2D eigenvalue weighted by Crippen LogP contribution is -2.09. The van der Waals surface area contributed by atoms with E-state index in [1.807, 2.05) is 18.2 Å². The van der Waals surface area contributed by atoms with Crippen molar-refractivity contribution in [3.8, 4) is 5.75 Å². The summed E-state index contributed by atoms with van der Waals surface area (Å²) in [7, 11) is 1.59. The van der Waals surface area contributed by atoms with Gasteiger partial charge in [-0.3, -0.25) is 5.41 Å². The second-order valence-corrected chi connectivity index (χ2v) is 6.39. The maximum absolute atomic E-state index is 13.5. The van der Waals surface area contributed by atoms with Crippen LogP contribution >= 0.6 is 11.8 Å². The summed E-state index contributed by atoms with van der Waals surface area (Å²) in [6.07, 6.45) is 0.775. The fourth-order valence-corrected chi connectivity index (χ4v) is 3.54. The van der Waals surface area contributed by atoms with Gasteiger partial charge in [-0.2, -0.15) is 5.11 Å². The van der Waals surface area contributed by atoms with Gasteiger partial charge in [-0.1, -0.05) is 6.07 Å². The first-order valence-electron chi connectivity index (χ1n) is 7.48. The van der Waals surface area contributed by atoms with Gasteiger partial charge in [0.05, 0.1) is 13.2 Å². The highest BCUT2D eigenvalue weighted by Crippen LogP contribution is 2.38. The molecule has 2 aromatic rings. The maximum Gasteiger partial charge on any atom is 0.239 e. The van der Waals surface area contributed by atoms with Crippen LogP contribution in [0.15, 0.2) is 57.6 Å². The predicted molar refractivity (Wildman–Crippen MR) is 93.7 cm³/mol. The molecule has 1 aliphatic heterocycles. The van der Waals surface area contributed by atoms with Crippen molar-refractivity contribution < 1.29 is 9.13 Å². The van der Waals surface area contributed by atoms with Gasteiger partial charge in [-0.15, -0.1) is 16.9 Å². The Labute approximate surface area is 143 Å². The average molecular weight is 344 g/mol. The molecule has 0 saturated carbocycles. The first-order chi connectivity index (χ1) is 11.7. The number of anilines is 1. The van der Waals surface area contributed by atoms with Crippen LogP contribution in [0.1, 0.15) is 18.0 Å². The summed E-state index contributed by atoms with van der Waals surface area (Å²) in [4.78, 5) is 1.03. The fraction of sp³-hybridized carbons (Fsp3) is 0.235. The number of hydrogen-bond donors (Lipinski definition) is 2. The Hall–Kier alpha value is -2.41. The second kappa shape index (κ2) is 7.44. The van der Waals surface area contributed by atoms with Crippen molar-refractivity contribution >= 4 is 23.4 Å². The van der Waals surface area contributed by atoms with Gasteiger partial charge in [-0.05, 0) is 42.3 Å². The van der Waals surface area contributed by atoms with Crippen molar-refractivity contribution in [3.05, 3.63) is 53.8 Å². The molecule has 0 bridgehead atoms. The van der Waals surface area contributed by atoms with E-state index in [0.717, 1.165) is 22.6 Å². The highest BCUT2D eigenvalue weighted by Gasteiger charge is 2.21. The number of methoxy groups -OCH3 is 1. The van der Waals surface area contributed by atoms with Crippen LogP contribution in [0.25, 0.3) is 0 Å². The van der Waals surface area contributed by atoms with Gasteiger partial charge in [-0.25, -0.2) is 4.39 Å².